The number of aromatic nitrogens is 3. The van der Waals surface area contributed by atoms with Gasteiger partial charge in [-0.1, -0.05) is 108 Å². The second kappa shape index (κ2) is 32.6. The molecule has 0 saturated heterocycles. The Morgan fingerprint density at radius 3 is 1.73 bits per heavy atom. The summed E-state index contributed by atoms with van der Waals surface area (Å²) in [5.41, 5.74) is 13.6. The Kier molecular flexibility index (Phi) is 25.5. The van der Waals surface area contributed by atoms with Gasteiger partial charge >= 0.3 is 0 Å². The molecule has 0 radical (unpaired) electrons. The van der Waals surface area contributed by atoms with E-state index in [2.05, 4.69) is 57.5 Å². The number of hydrazine groups is 1. The van der Waals surface area contributed by atoms with E-state index < -0.39 is 126 Å². The molecule has 5 aromatic rings. The molecular formula is C60H81N15O11. The first-order valence-corrected chi connectivity index (χ1v) is 28.5. The van der Waals surface area contributed by atoms with Crippen LogP contribution in [0.1, 0.15) is 101 Å². The van der Waals surface area contributed by atoms with Crippen molar-refractivity contribution in [1.29, 1.82) is 0 Å². The molecule has 3 aromatic carbocycles. The van der Waals surface area contributed by atoms with Gasteiger partial charge in [-0.15, -0.1) is 0 Å². The third-order valence-electron chi connectivity index (χ3n) is 14.0. The van der Waals surface area contributed by atoms with Crippen LogP contribution in [0.3, 0.4) is 0 Å². The molecule has 26 nitrogen and oxygen atoms in total. The van der Waals surface area contributed by atoms with Crippen molar-refractivity contribution in [3.8, 4) is 0 Å². The molecule has 5 rings (SSSR count). The third-order valence-corrected chi connectivity index (χ3v) is 14.0. The number of hydrogen-bond donors (Lipinski definition) is 13. The number of rotatable bonds is 33. The first-order chi connectivity index (χ1) is 40.8. The van der Waals surface area contributed by atoms with E-state index in [1.54, 1.807) is 86.8 Å². The molecule has 0 spiro atoms. The molecule has 0 aliphatic heterocycles. The first-order valence-electron chi connectivity index (χ1n) is 28.5. The summed E-state index contributed by atoms with van der Waals surface area (Å²) in [5, 5.41) is 22.5. The van der Waals surface area contributed by atoms with Crippen LogP contribution in [0.15, 0.2) is 104 Å². The van der Waals surface area contributed by atoms with E-state index >= 15 is 0 Å². The summed E-state index contributed by atoms with van der Waals surface area (Å²) in [6.07, 6.45) is 3.91. The van der Waals surface area contributed by atoms with E-state index in [9.17, 15) is 52.7 Å². The lowest BCUT2D eigenvalue weighted by molar-refractivity contribution is -0.135. The number of fused-ring (bicyclic) bond motifs is 1. The van der Waals surface area contributed by atoms with Gasteiger partial charge in [-0.2, -0.15) is 0 Å². The SMILES string of the molecule is CC(C)C[C@H](NC(=O)[C@H](CC(C)C)NC(=O)[C@H](Cc1c[nH]cn1)NC(=O)CNC(=O)[C@@H](NC(=O)[C@H](C)NC(=O)[C@H](Cc1c[nH]c2ccccc12)NC(=O)[C@H](CCC(N)=O)NC(=O)[C@@H](Cc1ccccc1)N(N)C(=O)c1ccccc1)C(C)C)C(N)=O. The van der Waals surface area contributed by atoms with Gasteiger partial charge in [0.05, 0.1) is 18.6 Å². The number of carbonyl (C=O) groups is 11. The van der Waals surface area contributed by atoms with Gasteiger partial charge < -0.3 is 64.0 Å². The maximum absolute atomic E-state index is 14.5. The molecule has 26 heteroatoms. The van der Waals surface area contributed by atoms with Gasteiger partial charge in [0.25, 0.3) is 5.91 Å². The zero-order chi connectivity index (χ0) is 63.2. The molecule has 86 heavy (non-hydrogen) atoms. The highest BCUT2D eigenvalue weighted by molar-refractivity contribution is 6.00. The topological polar surface area (TPSA) is 410 Å². The summed E-state index contributed by atoms with van der Waals surface area (Å²) in [7, 11) is 0. The second-order valence-electron chi connectivity index (χ2n) is 22.3. The number of hydrogen-bond acceptors (Lipinski definition) is 13. The molecule has 0 aliphatic carbocycles. The summed E-state index contributed by atoms with van der Waals surface area (Å²) >= 11 is 0. The van der Waals surface area contributed by atoms with Gasteiger partial charge in [-0.05, 0) is 73.3 Å². The normalized spacial score (nSPS) is 14.0. The Hall–Kier alpha value is -9.46. The fourth-order valence-corrected chi connectivity index (χ4v) is 9.35. The molecule has 0 saturated carbocycles. The van der Waals surface area contributed by atoms with Gasteiger partial charge in [0.2, 0.25) is 59.1 Å². The van der Waals surface area contributed by atoms with Crippen molar-refractivity contribution < 1.29 is 52.7 Å². The number of nitrogens with one attached hydrogen (secondary N) is 10. The van der Waals surface area contributed by atoms with Crippen LogP contribution >= 0.6 is 0 Å². The Morgan fingerprint density at radius 2 is 1.12 bits per heavy atom. The minimum atomic E-state index is -1.52. The summed E-state index contributed by atoms with van der Waals surface area (Å²) in [4.78, 5) is 160. The summed E-state index contributed by atoms with van der Waals surface area (Å²) in [5.74, 6) is -2.96. The average molecular weight is 1190 g/mol. The van der Waals surface area contributed by atoms with E-state index in [-0.39, 0.29) is 62.3 Å². The van der Waals surface area contributed by atoms with Crippen LogP contribution in [0.2, 0.25) is 0 Å². The van der Waals surface area contributed by atoms with Crippen LogP contribution < -0.4 is 59.8 Å². The van der Waals surface area contributed by atoms with Gasteiger partial charge in [0.1, 0.15) is 48.3 Å². The Morgan fingerprint density at radius 1 is 0.558 bits per heavy atom. The minimum absolute atomic E-state index is 0.0127. The zero-order valence-electron chi connectivity index (χ0n) is 49.4. The first kappa shape index (κ1) is 67.3. The van der Waals surface area contributed by atoms with Crippen LogP contribution in [0.4, 0.5) is 0 Å². The molecule has 462 valence electrons. The number of para-hydroxylation sites is 1. The molecule has 0 bridgehead atoms. The number of nitrogens with zero attached hydrogens (tertiary/aromatic N) is 2. The van der Waals surface area contributed by atoms with Gasteiger partial charge in [-0.25, -0.2) is 10.8 Å². The predicted molar refractivity (Wildman–Crippen MR) is 319 cm³/mol. The van der Waals surface area contributed by atoms with Crippen LogP contribution in [-0.4, -0.2) is 140 Å². The number of primary amides is 2. The monoisotopic (exact) mass is 1190 g/mol. The number of H-pyrrole nitrogens is 2. The highest BCUT2D eigenvalue weighted by atomic mass is 16.2. The highest BCUT2D eigenvalue weighted by Crippen LogP contribution is 2.20. The number of benzene rings is 3. The van der Waals surface area contributed by atoms with Crippen LogP contribution in [0.25, 0.3) is 10.9 Å². The quantitative estimate of drug-likeness (QED) is 0.0153. The van der Waals surface area contributed by atoms with Crippen molar-refractivity contribution >= 4 is 75.9 Å². The van der Waals surface area contributed by atoms with Crippen molar-refractivity contribution in [2.45, 2.75) is 142 Å². The molecular weight excluding hydrogens is 1110 g/mol. The van der Waals surface area contributed by atoms with Crippen molar-refractivity contribution in [3.05, 3.63) is 126 Å². The van der Waals surface area contributed by atoms with Gasteiger partial charge in [-0.3, -0.25) is 57.7 Å². The number of nitrogens with two attached hydrogens (primary N) is 3. The summed E-state index contributed by atoms with van der Waals surface area (Å²) in [6.45, 7) is 11.3. The van der Waals surface area contributed by atoms with Gasteiger partial charge in [0.15, 0.2) is 0 Å². The number of amides is 11. The summed E-state index contributed by atoms with van der Waals surface area (Å²) < 4.78 is 0. The molecule has 11 amide bonds. The minimum Gasteiger partial charge on any atom is -0.370 e. The Bertz CT molecular complexity index is 3130. The van der Waals surface area contributed by atoms with E-state index in [1.807, 2.05) is 33.8 Å². The lowest BCUT2D eigenvalue weighted by atomic mass is 9.99. The van der Waals surface area contributed by atoms with Crippen LogP contribution in [-0.2, 0) is 67.2 Å². The van der Waals surface area contributed by atoms with E-state index in [4.69, 9.17) is 17.3 Å². The largest absolute Gasteiger partial charge is 0.370 e. The number of aromatic amines is 2. The lowest BCUT2D eigenvalue weighted by Gasteiger charge is -2.29. The lowest BCUT2D eigenvalue weighted by Crippen LogP contribution is -2.60. The van der Waals surface area contributed by atoms with Crippen LogP contribution in [0.5, 0.6) is 0 Å². The highest BCUT2D eigenvalue weighted by Gasteiger charge is 2.36. The maximum Gasteiger partial charge on any atom is 0.268 e. The maximum atomic E-state index is 14.5. The second-order valence-corrected chi connectivity index (χ2v) is 22.3. The molecule has 0 unspecified atom stereocenters. The zero-order valence-corrected chi connectivity index (χ0v) is 49.4. The predicted octanol–water partition coefficient (Wildman–Crippen LogP) is 0.332. The smallest absolute Gasteiger partial charge is 0.268 e. The van der Waals surface area contributed by atoms with E-state index in [0.29, 0.717) is 27.7 Å². The van der Waals surface area contributed by atoms with Gasteiger partial charge in [0, 0.05) is 54.5 Å². The molecule has 0 aliphatic rings. The molecule has 0 fully saturated rings. The van der Waals surface area contributed by atoms with Crippen LogP contribution in [0, 0.1) is 17.8 Å². The third kappa shape index (κ3) is 20.7. The summed E-state index contributed by atoms with van der Waals surface area (Å²) in [6, 6.07) is 13.5. The van der Waals surface area contributed by atoms with Crippen molar-refractivity contribution in [2.24, 2.45) is 35.1 Å². The Labute approximate surface area is 498 Å². The average Bonchev–Trinajstić information content (AvgIpc) is 4.20. The van der Waals surface area contributed by atoms with Crippen molar-refractivity contribution in [2.75, 3.05) is 6.54 Å². The van der Waals surface area contributed by atoms with Crippen molar-refractivity contribution in [3.63, 3.8) is 0 Å². The molecule has 8 atom stereocenters. The standard InChI is InChI=1S/C60H81N15O11/c1-33(2)24-44(52(62)78)71-56(82)45(25-34(3)4)72-57(83)47(28-40-30-64-32-67-40)69-50(77)31-66-59(85)51(35(5)6)74-53(79)36(7)68-55(81)46(27-39-29-65-42-21-15-14-20-41(39)42)73-54(80)43(22-23-49(61)76)70-58(84)48(26-37-16-10-8-11-17-37)75(63)60(86)38-18-12-9-13-19-38/h8-21,29-30,32-36,43-48,51,65H,22-28,31,63H2,1-7H3,(H2,61,76)(H2,62,78)(H,64,67)(H,66,85)(H,68,81)(H,69,77)(H,70,84)(H,71,82)(H,72,83)(H,73,80)(H,74,79)/t36-,43-,44-,45-,46-,47-,48+,51-/m0/s1. The fraction of sp³-hybridized carbons (Fsp3) is 0.433. The van der Waals surface area contributed by atoms with Crippen molar-refractivity contribution in [1.82, 2.24) is 62.5 Å². The molecule has 2 aromatic heterocycles. The number of imidazole rings is 1. The van der Waals surface area contributed by atoms with E-state index in [0.717, 1.165) is 5.01 Å². The fourth-order valence-electron chi connectivity index (χ4n) is 9.35. The number of carbonyl (C=O) groups excluding carboxylic acids is 11. The Balaban J connectivity index is 1.30. The molecule has 2 heterocycles. The van der Waals surface area contributed by atoms with E-state index in [1.165, 1.54) is 31.6 Å². The molecule has 16 N–H and O–H groups in total.